The number of nitrogens with zero attached hydrogens (tertiary/aromatic N) is 3. The van der Waals surface area contributed by atoms with Crippen LogP contribution in [0.1, 0.15) is 142 Å². The number of halogens is 5. The highest BCUT2D eigenvalue weighted by Crippen LogP contribution is 2.69. The topological polar surface area (TPSA) is 187 Å². The van der Waals surface area contributed by atoms with Gasteiger partial charge in [-0.2, -0.15) is 13.2 Å². The Labute approximate surface area is 425 Å². The Kier molecular flexibility index (Phi) is 16.9. The first kappa shape index (κ1) is 55.1. The van der Waals surface area contributed by atoms with Gasteiger partial charge in [0.2, 0.25) is 41.4 Å². The van der Waals surface area contributed by atoms with Crippen LogP contribution >= 0.6 is 11.6 Å². The summed E-state index contributed by atoms with van der Waals surface area (Å²) in [5, 5.41) is 11.7. The van der Waals surface area contributed by atoms with Crippen molar-refractivity contribution in [1.29, 1.82) is 0 Å². The molecule has 6 fully saturated rings. The van der Waals surface area contributed by atoms with Crippen molar-refractivity contribution in [3.63, 3.8) is 0 Å². The number of benzene rings is 1. The summed E-state index contributed by atoms with van der Waals surface area (Å²) in [5.41, 5.74) is -4.15. The monoisotopic (exact) mass is 1040 g/mol. The van der Waals surface area contributed by atoms with Gasteiger partial charge in [0.15, 0.2) is 0 Å². The maximum absolute atomic E-state index is 15.2. The molecule has 20 heteroatoms. The van der Waals surface area contributed by atoms with E-state index in [9.17, 15) is 46.7 Å². The van der Waals surface area contributed by atoms with Gasteiger partial charge < -0.3 is 40.7 Å². The Morgan fingerprint density at radius 2 is 1.61 bits per heavy atom. The fourth-order valence-electron chi connectivity index (χ4n) is 11.7. The van der Waals surface area contributed by atoms with E-state index in [1.807, 2.05) is 13.8 Å². The molecule has 4 aliphatic carbocycles. The van der Waals surface area contributed by atoms with Crippen LogP contribution in [0.4, 0.5) is 17.6 Å². The van der Waals surface area contributed by atoms with Crippen molar-refractivity contribution >= 4 is 53.0 Å². The molecule has 15 nitrogen and oxygen atoms in total. The lowest BCUT2D eigenvalue weighted by Crippen LogP contribution is -2.66. The van der Waals surface area contributed by atoms with Crippen molar-refractivity contribution in [2.24, 2.45) is 22.7 Å². The fourth-order valence-corrected chi connectivity index (χ4v) is 11.9. The highest BCUT2D eigenvalue weighted by atomic mass is 35.5. The number of hydrogen-bond donors (Lipinski definition) is 4. The third-order valence-corrected chi connectivity index (χ3v) is 16.5. The molecular formula is C52H74ClF4N7O8. The van der Waals surface area contributed by atoms with E-state index in [4.69, 9.17) is 16.3 Å². The van der Waals surface area contributed by atoms with E-state index in [2.05, 4.69) is 21.3 Å². The Morgan fingerprint density at radius 1 is 0.944 bits per heavy atom. The zero-order chi connectivity index (χ0) is 52.5. The van der Waals surface area contributed by atoms with Crippen LogP contribution in [-0.2, 0) is 40.0 Å². The number of alkyl halides is 4. The predicted octanol–water partition coefficient (Wildman–Crippen LogP) is 6.32. The summed E-state index contributed by atoms with van der Waals surface area (Å²) in [5.74, 6) is -5.43. The standard InChI is InChI=1S/C52H74ClF4N7O8/c1-30(2)23-36-45(68)63(6)38(25-32-24-33(53)18-19-40(32)72-35-13-8-7-9-14-35)44(67)61-49(3,4)47(70)58-22-11-10-15-37(42(65)59-36)62(5)46(69)41(31-16-17-31)60-43(66)39-26-34(54)27-64(39)48(71)51(52(55,56)57)28-50(29-51)20-12-21-50/h18-19,24,30-31,34-39,41H,7-17,20-23,25-29H2,1-6H3,(H,58,70)(H,59,65)(H,60,66)(H,61,67)/t34-,36+,37+,38+,39+,41+/m1/s1. The van der Waals surface area contributed by atoms with Gasteiger partial charge in [0.1, 0.15) is 53.1 Å². The summed E-state index contributed by atoms with van der Waals surface area (Å²) < 4.78 is 65.8. The minimum Gasteiger partial charge on any atom is -0.490 e. The molecule has 0 aromatic heterocycles. The Bertz CT molecular complexity index is 2210. The molecule has 4 saturated carbocycles. The molecule has 4 N–H and O–H groups in total. The second-order valence-corrected chi connectivity index (χ2v) is 23.2. The number of rotatable bonds is 12. The van der Waals surface area contributed by atoms with E-state index in [1.54, 1.807) is 32.0 Å². The number of carbonyl (C=O) groups is 7. The highest BCUT2D eigenvalue weighted by Gasteiger charge is 2.74. The molecule has 0 radical (unpaired) electrons. The van der Waals surface area contributed by atoms with Crippen molar-refractivity contribution in [2.75, 3.05) is 27.2 Å². The molecule has 7 amide bonds. The number of hydrogen-bond acceptors (Lipinski definition) is 8. The number of amides is 7. The van der Waals surface area contributed by atoms with E-state index in [-0.39, 0.29) is 37.8 Å². The minimum absolute atomic E-state index is 0.0471. The molecule has 400 valence electrons. The third-order valence-electron chi connectivity index (χ3n) is 16.2. The lowest BCUT2D eigenvalue weighted by Gasteiger charge is -2.60. The summed E-state index contributed by atoms with van der Waals surface area (Å²) in [6, 6.07) is -1.37. The van der Waals surface area contributed by atoms with Gasteiger partial charge in [-0.1, -0.05) is 38.3 Å². The van der Waals surface area contributed by atoms with Crippen molar-refractivity contribution in [3.8, 4) is 5.75 Å². The van der Waals surface area contributed by atoms with Gasteiger partial charge in [0.05, 0.1) is 12.6 Å². The largest absolute Gasteiger partial charge is 0.490 e. The molecule has 0 bridgehead atoms. The zero-order valence-corrected chi connectivity index (χ0v) is 43.3. The van der Waals surface area contributed by atoms with Crippen LogP contribution in [0.2, 0.25) is 5.02 Å². The molecule has 1 spiro atoms. The molecule has 6 aliphatic rings. The highest BCUT2D eigenvalue weighted by molar-refractivity contribution is 6.30. The average molecular weight is 1040 g/mol. The van der Waals surface area contributed by atoms with E-state index in [1.165, 1.54) is 23.9 Å². The molecule has 6 atom stereocenters. The van der Waals surface area contributed by atoms with Crippen molar-refractivity contribution in [1.82, 2.24) is 36.0 Å². The first-order valence-electron chi connectivity index (χ1n) is 26.1. The molecular weight excluding hydrogens is 962 g/mol. The summed E-state index contributed by atoms with van der Waals surface area (Å²) in [6.07, 6.45) is 0.528. The number of carbonyl (C=O) groups excluding carboxylic acids is 7. The first-order chi connectivity index (χ1) is 33.8. The molecule has 0 unspecified atom stereocenters. The van der Waals surface area contributed by atoms with E-state index in [0.717, 1.165) is 38.5 Å². The summed E-state index contributed by atoms with van der Waals surface area (Å²) >= 11 is 6.53. The lowest BCUT2D eigenvalue weighted by atomic mass is 9.44. The van der Waals surface area contributed by atoms with E-state index in [0.29, 0.717) is 59.8 Å². The van der Waals surface area contributed by atoms with Crippen LogP contribution in [0.5, 0.6) is 5.75 Å². The van der Waals surface area contributed by atoms with Crippen LogP contribution in [-0.4, -0.2) is 137 Å². The quantitative estimate of drug-likeness (QED) is 0.175. The molecule has 1 aromatic carbocycles. The molecule has 2 aliphatic heterocycles. The maximum Gasteiger partial charge on any atom is 0.403 e. The van der Waals surface area contributed by atoms with Crippen LogP contribution in [0.15, 0.2) is 18.2 Å². The van der Waals surface area contributed by atoms with Gasteiger partial charge in [0, 0.05) is 38.5 Å². The Morgan fingerprint density at radius 3 is 2.22 bits per heavy atom. The average Bonchev–Trinajstić information content (AvgIpc) is 4.05. The first-order valence-corrected chi connectivity index (χ1v) is 26.4. The van der Waals surface area contributed by atoms with Crippen LogP contribution < -0.4 is 26.0 Å². The molecule has 72 heavy (non-hydrogen) atoms. The van der Waals surface area contributed by atoms with Crippen LogP contribution in [0.3, 0.4) is 0 Å². The Balaban J connectivity index is 1.13. The number of nitrogens with one attached hydrogen (secondary N) is 4. The fraction of sp³-hybridized carbons (Fsp3) is 0.750. The normalized spacial score (nSPS) is 27.8. The molecule has 2 heterocycles. The minimum atomic E-state index is -4.91. The zero-order valence-electron chi connectivity index (χ0n) is 42.6. The Hall–Kier alpha value is -4.68. The van der Waals surface area contributed by atoms with Crippen molar-refractivity contribution < 1.29 is 55.9 Å². The number of likely N-dealkylation sites (N-methyl/N-ethyl adjacent to an activating group) is 2. The van der Waals surface area contributed by atoms with Gasteiger partial charge >= 0.3 is 6.18 Å². The van der Waals surface area contributed by atoms with Gasteiger partial charge in [0.25, 0.3) is 0 Å². The molecule has 1 aromatic rings. The van der Waals surface area contributed by atoms with Crippen molar-refractivity contribution in [2.45, 2.75) is 197 Å². The summed E-state index contributed by atoms with van der Waals surface area (Å²) in [4.78, 5) is 104. The van der Waals surface area contributed by atoms with E-state index >= 15 is 4.39 Å². The van der Waals surface area contributed by atoms with Crippen LogP contribution in [0, 0.1) is 22.7 Å². The second kappa shape index (κ2) is 22.0. The predicted molar refractivity (Wildman–Crippen MR) is 260 cm³/mol. The molecule has 7 rings (SSSR count). The van der Waals surface area contributed by atoms with Gasteiger partial charge in [-0.3, -0.25) is 33.6 Å². The second-order valence-electron chi connectivity index (χ2n) is 22.7. The van der Waals surface area contributed by atoms with Gasteiger partial charge in [-0.15, -0.1) is 0 Å². The smallest absolute Gasteiger partial charge is 0.403 e. The summed E-state index contributed by atoms with van der Waals surface area (Å²) in [6.45, 7) is 6.31. The number of likely N-dealkylation sites (tertiary alicyclic amines) is 1. The van der Waals surface area contributed by atoms with Crippen LogP contribution in [0.25, 0.3) is 0 Å². The van der Waals surface area contributed by atoms with Gasteiger partial charge in [-0.05, 0) is 145 Å². The number of ether oxygens (including phenoxy) is 1. The molecule has 2 saturated heterocycles. The van der Waals surface area contributed by atoms with Crippen molar-refractivity contribution in [3.05, 3.63) is 28.8 Å². The van der Waals surface area contributed by atoms with Gasteiger partial charge in [-0.25, -0.2) is 4.39 Å². The summed E-state index contributed by atoms with van der Waals surface area (Å²) in [7, 11) is 2.85. The van der Waals surface area contributed by atoms with E-state index < -0.39 is 132 Å². The SMILES string of the molecule is CC(C)C[C@@H]1NC(=O)[C@@H](N(C)C(=O)[C@@H](NC(=O)[C@@H]2C[C@@H](F)CN2C(=O)C2(C(F)(F)F)CC3(CCC3)C2)C2CC2)CCCCNC(=O)C(C)(C)NC(=O)[C@H](Cc2cc(Cl)ccc2OC2CCCCC2)N(C)C1=O. The maximum atomic E-state index is 15.2. The lowest BCUT2D eigenvalue weighted by molar-refractivity contribution is -0.285. The third kappa shape index (κ3) is 12.1.